The van der Waals surface area contributed by atoms with Gasteiger partial charge in [-0.1, -0.05) is 80.1 Å². The van der Waals surface area contributed by atoms with Crippen molar-refractivity contribution < 1.29 is 9.53 Å². The summed E-state index contributed by atoms with van der Waals surface area (Å²) in [6.07, 6.45) is 4.10. The van der Waals surface area contributed by atoms with Gasteiger partial charge in [-0.15, -0.1) is 0 Å². The molecule has 1 N–H and O–H groups in total. The molecule has 6 aromatic rings. The van der Waals surface area contributed by atoms with Gasteiger partial charge in [-0.05, 0) is 61.4 Å². The lowest BCUT2D eigenvalue weighted by molar-refractivity contribution is 0.0952. The van der Waals surface area contributed by atoms with Crippen LogP contribution in [-0.4, -0.2) is 27.3 Å². The molecule has 0 unspecified atom stereocenters. The first-order chi connectivity index (χ1) is 21.1. The first-order valence-corrected chi connectivity index (χ1v) is 14.7. The zero-order valence-corrected chi connectivity index (χ0v) is 24.5. The van der Waals surface area contributed by atoms with Crippen molar-refractivity contribution in [3.63, 3.8) is 0 Å². The molecule has 0 aliphatic heterocycles. The number of aryl methyl sites for hydroxylation is 1. The lowest BCUT2D eigenvalue weighted by Gasteiger charge is -2.12. The molecule has 0 radical (unpaired) electrons. The van der Waals surface area contributed by atoms with Crippen molar-refractivity contribution in [2.75, 3.05) is 6.61 Å². The molecule has 0 saturated carbocycles. The second-order valence-corrected chi connectivity index (χ2v) is 10.6. The Labute approximate surface area is 252 Å². The molecule has 0 bridgehead atoms. The van der Waals surface area contributed by atoms with Crippen LogP contribution in [0.5, 0.6) is 5.75 Å². The van der Waals surface area contributed by atoms with E-state index in [1.807, 2.05) is 114 Å². The number of pyridine rings is 1. The molecule has 0 aliphatic rings. The number of carbonyl (C=O) groups excluding carboxylic acids is 1. The number of unbranched alkanes of at least 4 members (excludes halogenated alkanes) is 1. The molecule has 0 saturated heterocycles. The summed E-state index contributed by atoms with van der Waals surface area (Å²) in [5.41, 5.74) is 7.80. The van der Waals surface area contributed by atoms with Crippen LogP contribution in [0.2, 0.25) is 0 Å². The predicted molar refractivity (Wildman–Crippen MR) is 172 cm³/mol. The molecule has 6 rings (SSSR count). The Kier molecular flexibility index (Phi) is 8.27. The van der Waals surface area contributed by atoms with E-state index in [0.717, 1.165) is 68.8 Å². The number of rotatable bonds is 10. The van der Waals surface area contributed by atoms with Crippen LogP contribution in [0.3, 0.4) is 0 Å². The number of para-hydroxylation sites is 2. The van der Waals surface area contributed by atoms with Gasteiger partial charge < -0.3 is 10.1 Å². The molecule has 6 nitrogen and oxygen atoms in total. The number of hydrogen-bond donors (Lipinski definition) is 1. The summed E-state index contributed by atoms with van der Waals surface area (Å²) in [7, 11) is 0. The third kappa shape index (κ3) is 6.19. The van der Waals surface area contributed by atoms with E-state index in [1.54, 1.807) is 0 Å². The number of fused-ring (bicyclic) bond motifs is 1. The minimum Gasteiger partial charge on any atom is -0.493 e. The van der Waals surface area contributed by atoms with Crippen molar-refractivity contribution >= 4 is 16.8 Å². The zero-order chi connectivity index (χ0) is 29.6. The van der Waals surface area contributed by atoms with Gasteiger partial charge in [-0.3, -0.25) is 4.79 Å². The third-order valence-electron chi connectivity index (χ3n) is 7.48. The van der Waals surface area contributed by atoms with Gasteiger partial charge in [0.2, 0.25) is 0 Å². The molecule has 0 spiro atoms. The van der Waals surface area contributed by atoms with Crippen molar-refractivity contribution in [3.05, 3.63) is 132 Å². The van der Waals surface area contributed by atoms with Crippen LogP contribution >= 0.6 is 0 Å². The largest absolute Gasteiger partial charge is 0.493 e. The van der Waals surface area contributed by atoms with Gasteiger partial charge in [0, 0.05) is 34.8 Å². The van der Waals surface area contributed by atoms with Crippen LogP contribution < -0.4 is 10.1 Å². The highest BCUT2D eigenvalue weighted by Gasteiger charge is 2.18. The maximum atomic E-state index is 13.8. The van der Waals surface area contributed by atoms with E-state index in [1.165, 1.54) is 0 Å². The highest BCUT2D eigenvalue weighted by molar-refractivity contribution is 6.07. The van der Waals surface area contributed by atoms with E-state index in [0.29, 0.717) is 18.7 Å². The molecule has 214 valence electrons. The van der Waals surface area contributed by atoms with E-state index >= 15 is 0 Å². The fraction of sp³-hybridized carbons (Fsp3) is 0.162. The summed E-state index contributed by atoms with van der Waals surface area (Å²) >= 11 is 0. The molecule has 4 aromatic carbocycles. The first-order valence-electron chi connectivity index (χ1n) is 14.7. The highest BCUT2D eigenvalue weighted by Crippen LogP contribution is 2.30. The molecule has 1 amide bonds. The second kappa shape index (κ2) is 12.7. The minimum atomic E-state index is -0.162. The molecular weight excluding hydrogens is 532 g/mol. The zero-order valence-electron chi connectivity index (χ0n) is 24.5. The number of nitrogens with one attached hydrogen (secondary N) is 1. The van der Waals surface area contributed by atoms with Gasteiger partial charge in [-0.2, -0.15) is 5.10 Å². The number of aromatic nitrogens is 3. The maximum absolute atomic E-state index is 13.8. The Morgan fingerprint density at radius 2 is 1.60 bits per heavy atom. The number of carbonyl (C=O) groups is 1. The van der Waals surface area contributed by atoms with E-state index in [-0.39, 0.29) is 5.91 Å². The minimum absolute atomic E-state index is 0.162. The van der Waals surface area contributed by atoms with Crippen LogP contribution in [-0.2, 0) is 6.54 Å². The van der Waals surface area contributed by atoms with Gasteiger partial charge in [0.15, 0.2) is 0 Å². The maximum Gasteiger partial charge on any atom is 0.252 e. The molecule has 2 heterocycles. The number of nitrogens with zero attached hydrogens (tertiary/aromatic N) is 3. The van der Waals surface area contributed by atoms with E-state index in [9.17, 15) is 4.79 Å². The average Bonchev–Trinajstić information content (AvgIpc) is 3.49. The molecule has 6 heteroatoms. The van der Waals surface area contributed by atoms with Crippen molar-refractivity contribution in [1.82, 2.24) is 20.1 Å². The summed E-state index contributed by atoms with van der Waals surface area (Å²) in [6, 6.07) is 35.7. The average molecular weight is 567 g/mol. The van der Waals surface area contributed by atoms with Crippen molar-refractivity contribution in [2.24, 2.45) is 0 Å². The van der Waals surface area contributed by atoms with Gasteiger partial charge in [0.25, 0.3) is 5.91 Å². The lowest BCUT2D eigenvalue weighted by atomic mass is 10.0. The third-order valence-corrected chi connectivity index (χ3v) is 7.48. The quantitative estimate of drug-likeness (QED) is 0.170. The Balaban J connectivity index is 1.33. The van der Waals surface area contributed by atoms with E-state index in [4.69, 9.17) is 14.8 Å². The molecule has 2 aromatic heterocycles. The summed E-state index contributed by atoms with van der Waals surface area (Å²) in [5, 5.41) is 8.96. The summed E-state index contributed by atoms with van der Waals surface area (Å²) < 4.78 is 7.86. The molecule has 0 aliphatic carbocycles. The summed E-state index contributed by atoms with van der Waals surface area (Å²) in [4.78, 5) is 18.6. The number of amides is 1. The second-order valence-electron chi connectivity index (χ2n) is 10.6. The monoisotopic (exact) mass is 566 g/mol. The normalized spacial score (nSPS) is 11.0. The standard InChI is InChI=1S/C37H34N4O2/c1-3-4-21-43-35-20-19-28(22-26(35)2)36-29(25-41(40-36)30-15-9-6-10-16-30)24-38-37(42)32-23-34(27-13-7-5-8-14-27)39-33-18-12-11-17-31(32)33/h5-20,22-23,25H,3-4,21,24H2,1-2H3,(H,38,42). The Bertz CT molecular complexity index is 1860. The van der Waals surface area contributed by atoms with Gasteiger partial charge in [-0.25, -0.2) is 9.67 Å². The summed E-state index contributed by atoms with van der Waals surface area (Å²) in [5.74, 6) is 0.721. The van der Waals surface area contributed by atoms with Crippen LogP contribution in [0.25, 0.3) is 39.1 Å². The van der Waals surface area contributed by atoms with Gasteiger partial charge >= 0.3 is 0 Å². The van der Waals surface area contributed by atoms with E-state index < -0.39 is 0 Å². The van der Waals surface area contributed by atoms with Gasteiger partial charge in [0.05, 0.1) is 34.8 Å². The van der Waals surface area contributed by atoms with Gasteiger partial charge in [0.1, 0.15) is 5.75 Å². The molecule has 0 fully saturated rings. The highest BCUT2D eigenvalue weighted by atomic mass is 16.5. The predicted octanol–water partition coefficient (Wildman–Crippen LogP) is 8.17. The van der Waals surface area contributed by atoms with Crippen LogP contribution in [0.4, 0.5) is 0 Å². The summed E-state index contributed by atoms with van der Waals surface area (Å²) in [6.45, 7) is 5.22. The first kappa shape index (κ1) is 27.9. The van der Waals surface area contributed by atoms with Crippen molar-refractivity contribution in [3.8, 4) is 34.0 Å². The van der Waals surface area contributed by atoms with Crippen molar-refractivity contribution in [1.29, 1.82) is 0 Å². The topological polar surface area (TPSA) is 69.0 Å². The number of benzene rings is 4. The fourth-order valence-corrected chi connectivity index (χ4v) is 5.17. The molecule has 0 atom stereocenters. The van der Waals surface area contributed by atoms with Crippen LogP contribution in [0, 0.1) is 6.92 Å². The fourth-order valence-electron chi connectivity index (χ4n) is 5.17. The smallest absolute Gasteiger partial charge is 0.252 e. The lowest BCUT2D eigenvalue weighted by Crippen LogP contribution is -2.23. The van der Waals surface area contributed by atoms with Crippen LogP contribution in [0.1, 0.15) is 41.3 Å². The Morgan fingerprint density at radius 1 is 0.860 bits per heavy atom. The number of hydrogen-bond acceptors (Lipinski definition) is 4. The molecular formula is C37H34N4O2. The SMILES string of the molecule is CCCCOc1ccc(-c2nn(-c3ccccc3)cc2CNC(=O)c2cc(-c3ccccc3)nc3ccccc23)cc1C. The Morgan fingerprint density at radius 3 is 2.37 bits per heavy atom. The van der Waals surface area contributed by atoms with E-state index in [2.05, 4.69) is 25.2 Å². The van der Waals surface area contributed by atoms with Crippen molar-refractivity contribution in [2.45, 2.75) is 33.2 Å². The Hall–Kier alpha value is -5.23. The number of ether oxygens (including phenoxy) is 1. The molecule has 43 heavy (non-hydrogen) atoms. The van der Waals surface area contributed by atoms with Crippen LogP contribution in [0.15, 0.2) is 115 Å².